The van der Waals surface area contributed by atoms with Gasteiger partial charge in [-0.25, -0.2) is 4.98 Å². The second-order valence-electron chi connectivity index (χ2n) is 4.79. The van der Waals surface area contributed by atoms with Crippen LogP contribution in [0.2, 0.25) is 0 Å². The van der Waals surface area contributed by atoms with Crippen molar-refractivity contribution in [1.29, 1.82) is 0 Å². The molecule has 2 rings (SSSR count). The molecule has 0 saturated carbocycles. The fourth-order valence-electron chi connectivity index (χ4n) is 2.62. The molecule has 0 spiro atoms. The van der Waals surface area contributed by atoms with Gasteiger partial charge in [0.25, 0.3) is 0 Å². The van der Waals surface area contributed by atoms with Crippen molar-refractivity contribution in [1.82, 2.24) is 10.3 Å². The van der Waals surface area contributed by atoms with E-state index in [1.165, 1.54) is 5.01 Å². The normalized spacial score (nSPS) is 35.2. The molecule has 90 valence electrons. The molecule has 4 heteroatoms. The fraction of sp³-hybridized carbons (Fsp3) is 0.750. The van der Waals surface area contributed by atoms with E-state index in [4.69, 9.17) is 4.74 Å². The van der Waals surface area contributed by atoms with Gasteiger partial charge in [-0.3, -0.25) is 0 Å². The highest BCUT2D eigenvalue weighted by Crippen LogP contribution is 2.38. The van der Waals surface area contributed by atoms with E-state index in [0.717, 1.165) is 18.5 Å². The molecule has 0 bridgehead atoms. The maximum atomic E-state index is 5.81. The summed E-state index contributed by atoms with van der Waals surface area (Å²) in [5.41, 5.74) is 1.12. The first kappa shape index (κ1) is 12.0. The Hall–Kier alpha value is -0.450. The lowest BCUT2D eigenvalue weighted by atomic mass is 9.85. The number of thiazole rings is 1. The summed E-state index contributed by atoms with van der Waals surface area (Å²) < 4.78 is 5.81. The van der Waals surface area contributed by atoms with Gasteiger partial charge in [-0.1, -0.05) is 0 Å². The number of aryl methyl sites for hydroxylation is 1. The molecule has 1 saturated heterocycles. The maximum Gasteiger partial charge on any atom is 0.113 e. The molecular weight excluding hydrogens is 220 g/mol. The lowest BCUT2D eigenvalue weighted by Crippen LogP contribution is -2.49. The lowest BCUT2D eigenvalue weighted by molar-refractivity contribution is -0.0696. The summed E-state index contributed by atoms with van der Waals surface area (Å²) in [6.07, 6.45) is 2.59. The summed E-state index contributed by atoms with van der Waals surface area (Å²) in [7, 11) is 2.03. The van der Waals surface area contributed by atoms with E-state index in [1.54, 1.807) is 11.3 Å². The van der Waals surface area contributed by atoms with Gasteiger partial charge in [-0.15, -0.1) is 11.3 Å². The Morgan fingerprint density at radius 1 is 1.44 bits per heavy atom. The predicted molar refractivity (Wildman–Crippen MR) is 66.8 cm³/mol. The third-order valence-corrected chi connectivity index (χ3v) is 4.41. The monoisotopic (exact) mass is 240 g/mol. The van der Waals surface area contributed by atoms with E-state index >= 15 is 0 Å². The molecule has 3 nitrogen and oxygen atoms in total. The summed E-state index contributed by atoms with van der Waals surface area (Å²) in [5, 5.41) is 6.80. The highest BCUT2D eigenvalue weighted by molar-refractivity contribution is 7.09. The molecule has 1 N–H and O–H groups in total. The van der Waals surface area contributed by atoms with Crippen molar-refractivity contribution in [3.05, 3.63) is 16.1 Å². The Morgan fingerprint density at radius 3 is 2.50 bits per heavy atom. The van der Waals surface area contributed by atoms with Gasteiger partial charge in [0.2, 0.25) is 0 Å². The molecule has 1 aliphatic heterocycles. The minimum absolute atomic E-state index is 0.00993. The molecule has 2 heterocycles. The second-order valence-corrected chi connectivity index (χ2v) is 5.65. The minimum atomic E-state index is 0.00993. The van der Waals surface area contributed by atoms with Crippen molar-refractivity contribution in [2.24, 2.45) is 0 Å². The first-order valence-electron chi connectivity index (χ1n) is 5.83. The van der Waals surface area contributed by atoms with E-state index < -0.39 is 0 Å². The van der Waals surface area contributed by atoms with E-state index in [-0.39, 0.29) is 5.54 Å². The molecule has 0 aliphatic carbocycles. The van der Waals surface area contributed by atoms with Gasteiger partial charge >= 0.3 is 0 Å². The van der Waals surface area contributed by atoms with Crippen LogP contribution in [0.5, 0.6) is 0 Å². The van der Waals surface area contributed by atoms with Gasteiger partial charge in [0, 0.05) is 11.1 Å². The Morgan fingerprint density at radius 2 is 2.06 bits per heavy atom. The van der Waals surface area contributed by atoms with Gasteiger partial charge < -0.3 is 10.1 Å². The van der Waals surface area contributed by atoms with Crippen molar-refractivity contribution in [3.8, 4) is 0 Å². The molecule has 2 atom stereocenters. The Bertz CT molecular complexity index is 354. The molecule has 16 heavy (non-hydrogen) atoms. The van der Waals surface area contributed by atoms with Gasteiger partial charge in [0.1, 0.15) is 5.01 Å². The SMILES string of the molecule is CNC1(c2nc(C)cs2)CC(C)OC(C)C1. The summed E-state index contributed by atoms with van der Waals surface area (Å²) in [6.45, 7) is 6.33. The molecule has 0 amide bonds. The van der Waals surface area contributed by atoms with Crippen molar-refractivity contribution >= 4 is 11.3 Å². The number of nitrogens with zero attached hydrogens (tertiary/aromatic N) is 1. The van der Waals surface area contributed by atoms with Crippen LogP contribution in [0, 0.1) is 6.92 Å². The average Bonchev–Trinajstić information content (AvgIpc) is 2.63. The molecule has 1 fully saturated rings. The largest absolute Gasteiger partial charge is 0.375 e. The van der Waals surface area contributed by atoms with E-state index in [1.807, 2.05) is 7.05 Å². The Kier molecular flexibility index (Phi) is 3.33. The van der Waals surface area contributed by atoms with Crippen LogP contribution >= 0.6 is 11.3 Å². The topological polar surface area (TPSA) is 34.2 Å². The molecule has 1 aromatic rings. The molecule has 2 unspecified atom stereocenters. The Balaban J connectivity index is 2.31. The standard InChI is InChI=1S/C12H20N2OS/c1-8-7-16-11(14-8)12(13-4)5-9(2)15-10(3)6-12/h7,9-10,13H,5-6H2,1-4H3. The average molecular weight is 240 g/mol. The summed E-state index contributed by atoms with van der Waals surface area (Å²) in [4.78, 5) is 4.65. The zero-order chi connectivity index (χ0) is 11.8. The van der Waals surface area contributed by atoms with Crippen molar-refractivity contribution in [2.45, 2.75) is 51.4 Å². The number of hydrogen-bond acceptors (Lipinski definition) is 4. The molecular formula is C12H20N2OS. The lowest BCUT2D eigenvalue weighted by Gasteiger charge is -2.41. The zero-order valence-corrected chi connectivity index (χ0v) is 11.2. The van der Waals surface area contributed by atoms with Crippen LogP contribution in [0.15, 0.2) is 5.38 Å². The third-order valence-electron chi connectivity index (χ3n) is 3.24. The molecule has 0 radical (unpaired) electrons. The van der Waals surface area contributed by atoms with Crippen LogP contribution in [0.3, 0.4) is 0 Å². The third kappa shape index (κ3) is 2.14. The molecule has 0 aromatic carbocycles. The van der Waals surface area contributed by atoms with Crippen molar-refractivity contribution in [3.63, 3.8) is 0 Å². The predicted octanol–water partition coefficient (Wildman–Crippen LogP) is 2.45. The van der Waals surface area contributed by atoms with Gasteiger partial charge in [-0.05, 0) is 40.7 Å². The minimum Gasteiger partial charge on any atom is -0.375 e. The van der Waals surface area contributed by atoms with Crippen LogP contribution < -0.4 is 5.32 Å². The van der Waals surface area contributed by atoms with E-state index in [2.05, 4.69) is 36.5 Å². The van der Waals surface area contributed by atoms with Crippen LogP contribution in [0.1, 0.15) is 37.4 Å². The Labute approximate surface area is 101 Å². The van der Waals surface area contributed by atoms with Crippen LogP contribution in [-0.2, 0) is 10.3 Å². The quantitative estimate of drug-likeness (QED) is 0.862. The second kappa shape index (κ2) is 4.43. The zero-order valence-electron chi connectivity index (χ0n) is 10.4. The van der Waals surface area contributed by atoms with Gasteiger partial charge in [0.05, 0.1) is 17.7 Å². The van der Waals surface area contributed by atoms with Crippen LogP contribution in [0.25, 0.3) is 0 Å². The van der Waals surface area contributed by atoms with Crippen LogP contribution in [0.4, 0.5) is 0 Å². The smallest absolute Gasteiger partial charge is 0.113 e. The first-order valence-corrected chi connectivity index (χ1v) is 6.71. The summed E-state index contributed by atoms with van der Waals surface area (Å²) in [5.74, 6) is 0. The van der Waals surface area contributed by atoms with Gasteiger partial charge in [-0.2, -0.15) is 0 Å². The molecule has 1 aromatic heterocycles. The van der Waals surface area contributed by atoms with Crippen LogP contribution in [-0.4, -0.2) is 24.2 Å². The number of hydrogen-bond donors (Lipinski definition) is 1. The number of nitrogens with one attached hydrogen (secondary N) is 1. The number of aromatic nitrogens is 1. The molecule has 1 aliphatic rings. The number of ether oxygens (including phenoxy) is 1. The summed E-state index contributed by atoms with van der Waals surface area (Å²) in [6, 6.07) is 0. The summed E-state index contributed by atoms with van der Waals surface area (Å²) >= 11 is 1.75. The van der Waals surface area contributed by atoms with Crippen molar-refractivity contribution < 1.29 is 4.74 Å². The number of rotatable bonds is 2. The highest BCUT2D eigenvalue weighted by Gasteiger charge is 2.40. The highest BCUT2D eigenvalue weighted by atomic mass is 32.1. The van der Waals surface area contributed by atoms with Crippen molar-refractivity contribution in [2.75, 3.05) is 7.05 Å². The first-order chi connectivity index (χ1) is 7.55. The van der Waals surface area contributed by atoms with E-state index in [9.17, 15) is 0 Å². The maximum absolute atomic E-state index is 5.81. The van der Waals surface area contributed by atoms with Gasteiger partial charge in [0.15, 0.2) is 0 Å². The van der Waals surface area contributed by atoms with E-state index in [0.29, 0.717) is 12.2 Å². The fourth-order valence-corrected chi connectivity index (χ4v) is 3.64.